The van der Waals surface area contributed by atoms with Crippen molar-refractivity contribution in [3.63, 3.8) is 0 Å². The van der Waals surface area contributed by atoms with Crippen molar-refractivity contribution in [1.29, 1.82) is 0 Å². The molecule has 3 N–H and O–H groups in total. The molecule has 0 spiro atoms. The second-order valence-electron chi connectivity index (χ2n) is 4.10. The van der Waals surface area contributed by atoms with Crippen LogP contribution in [-0.2, 0) is 0 Å². The fraction of sp³-hybridized carbons (Fsp3) is 0.500. The molecule has 18 heavy (non-hydrogen) atoms. The zero-order valence-corrected chi connectivity index (χ0v) is 10.5. The predicted molar refractivity (Wildman–Crippen MR) is 67.8 cm³/mol. The zero-order chi connectivity index (χ0) is 13.7. The molecule has 0 aliphatic heterocycles. The second kappa shape index (κ2) is 6.20. The van der Waals surface area contributed by atoms with E-state index in [1.165, 1.54) is 13.2 Å². The van der Waals surface area contributed by atoms with Crippen molar-refractivity contribution in [2.75, 3.05) is 7.11 Å². The van der Waals surface area contributed by atoms with Crippen LogP contribution in [0.3, 0.4) is 0 Å². The van der Waals surface area contributed by atoms with E-state index >= 15 is 0 Å². The molecule has 0 radical (unpaired) electrons. The number of phenolic OH excluding ortho intramolecular Hbond substituents is 1. The molecule has 1 atom stereocenters. The fourth-order valence-corrected chi connectivity index (χ4v) is 1.71. The van der Waals surface area contributed by atoms with Gasteiger partial charge in [-0.05, 0) is 18.1 Å². The molecule has 0 aliphatic carbocycles. The van der Waals surface area contributed by atoms with Crippen molar-refractivity contribution in [2.45, 2.75) is 32.2 Å². The number of phenols is 1. The van der Waals surface area contributed by atoms with Crippen LogP contribution in [0.2, 0.25) is 0 Å². The Morgan fingerprint density at radius 1 is 1.56 bits per heavy atom. The van der Waals surface area contributed by atoms with Gasteiger partial charge >= 0.3 is 5.69 Å². The quantitative estimate of drug-likeness (QED) is 0.600. The monoisotopic (exact) mass is 254 g/mol. The Morgan fingerprint density at radius 2 is 2.22 bits per heavy atom. The van der Waals surface area contributed by atoms with E-state index in [-0.39, 0.29) is 17.5 Å². The molecule has 0 bridgehead atoms. The van der Waals surface area contributed by atoms with Gasteiger partial charge in [0.15, 0.2) is 5.75 Å². The number of nitrogens with two attached hydrogens (primary N) is 1. The Bertz CT molecular complexity index is 434. The van der Waals surface area contributed by atoms with E-state index in [9.17, 15) is 15.2 Å². The van der Waals surface area contributed by atoms with Crippen LogP contribution in [0.15, 0.2) is 12.1 Å². The average molecular weight is 254 g/mol. The van der Waals surface area contributed by atoms with Gasteiger partial charge in [0.2, 0.25) is 5.75 Å². The molecule has 1 aromatic carbocycles. The molecule has 1 aromatic rings. The maximum Gasteiger partial charge on any atom is 0.314 e. The topological polar surface area (TPSA) is 98.6 Å². The number of ether oxygens (including phenoxy) is 1. The third-order valence-corrected chi connectivity index (χ3v) is 2.79. The maximum absolute atomic E-state index is 10.8. The van der Waals surface area contributed by atoms with Crippen LogP contribution < -0.4 is 10.5 Å². The smallest absolute Gasteiger partial charge is 0.314 e. The van der Waals surface area contributed by atoms with Gasteiger partial charge in [0, 0.05) is 12.1 Å². The minimum Gasteiger partial charge on any atom is -0.500 e. The molecule has 0 amide bonds. The summed E-state index contributed by atoms with van der Waals surface area (Å²) in [5, 5.41) is 20.5. The molecule has 0 heterocycles. The zero-order valence-electron chi connectivity index (χ0n) is 10.5. The van der Waals surface area contributed by atoms with Crippen molar-refractivity contribution >= 4 is 5.69 Å². The lowest BCUT2D eigenvalue weighted by Crippen LogP contribution is -2.10. The Labute approximate surface area is 106 Å². The van der Waals surface area contributed by atoms with E-state index in [1.54, 1.807) is 6.07 Å². The number of benzene rings is 1. The summed E-state index contributed by atoms with van der Waals surface area (Å²) in [6.45, 7) is 2.05. The second-order valence-corrected chi connectivity index (χ2v) is 4.10. The highest BCUT2D eigenvalue weighted by Gasteiger charge is 2.21. The molecule has 6 heteroatoms. The van der Waals surface area contributed by atoms with E-state index in [0.29, 0.717) is 5.56 Å². The highest BCUT2D eigenvalue weighted by molar-refractivity contribution is 5.57. The Kier molecular flexibility index (Phi) is 4.91. The summed E-state index contributed by atoms with van der Waals surface area (Å²) in [5.41, 5.74) is 6.19. The van der Waals surface area contributed by atoms with Crippen LogP contribution >= 0.6 is 0 Å². The predicted octanol–water partition coefficient (Wildman–Crippen LogP) is 2.50. The lowest BCUT2D eigenvalue weighted by Gasteiger charge is -2.13. The number of nitro benzene ring substituents is 1. The minimum absolute atomic E-state index is 0.0751. The SMILES string of the molecule is CCCC[C@@H](N)c1cc(OC)c(O)c([N+](=O)[O-])c1. The van der Waals surface area contributed by atoms with Crippen molar-refractivity contribution in [3.8, 4) is 11.5 Å². The fourth-order valence-electron chi connectivity index (χ4n) is 1.71. The summed E-state index contributed by atoms with van der Waals surface area (Å²) in [4.78, 5) is 10.2. The van der Waals surface area contributed by atoms with Gasteiger partial charge < -0.3 is 15.6 Å². The number of unbranched alkanes of at least 4 members (excludes halogenated alkanes) is 1. The van der Waals surface area contributed by atoms with Crippen LogP contribution in [-0.4, -0.2) is 17.1 Å². The van der Waals surface area contributed by atoms with Gasteiger partial charge in [-0.25, -0.2) is 0 Å². The third-order valence-electron chi connectivity index (χ3n) is 2.79. The van der Waals surface area contributed by atoms with E-state index in [4.69, 9.17) is 10.5 Å². The Balaban J connectivity index is 3.13. The Morgan fingerprint density at radius 3 is 2.72 bits per heavy atom. The molecular weight excluding hydrogens is 236 g/mol. The molecule has 0 aromatic heterocycles. The summed E-state index contributed by atoms with van der Waals surface area (Å²) < 4.78 is 4.92. The van der Waals surface area contributed by atoms with Crippen molar-refractivity contribution in [2.24, 2.45) is 5.73 Å². The first-order chi connectivity index (χ1) is 8.51. The number of rotatable bonds is 6. The van der Waals surface area contributed by atoms with E-state index in [2.05, 4.69) is 0 Å². The van der Waals surface area contributed by atoms with Gasteiger partial charge in [-0.3, -0.25) is 10.1 Å². The van der Waals surface area contributed by atoms with Gasteiger partial charge in [0.1, 0.15) is 0 Å². The van der Waals surface area contributed by atoms with E-state index in [1.807, 2.05) is 6.92 Å². The van der Waals surface area contributed by atoms with Crippen molar-refractivity contribution in [3.05, 3.63) is 27.8 Å². The highest BCUT2D eigenvalue weighted by Crippen LogP contribution is 2.38. The Hall–Kier alpha value is -1.82. The number of methoxy groups -OCH3 is 1. The molecule has 100 valence electrons. The third kappa shape index (κ3) is 3.10. The summed E-state index contributed by atoms with van der Waals surface area (Å²) in [6, 6.07) is 2.55. The standard InChI is InChI=1S/C12H18N2O4/c1-3-4-5-9(13)8-6-10(14(16)17)12(15)11(7-8)18-2/h6-7,9,15H,3-5,13H2,1-2H3/t9-/m1/s1. The van der Waals surface area contributed by atoms with Gasteiger partial charge in [-0.15, -0.1) is 0 Å². The van der Waals surface area contributed by atoms with Crippen LogP contribution in [0.25, 0.3) is 0 Å². The van der Waals surface area contributed by atoms with Gasteiger partial charge in [0.05, 0.1) is 12.0 Å². The molecule has 6 nitrogen and oxygen atoms in total. The molecular formula is C12H18N2O4. The lowest BCUT2D eigenvalue weighted by molar-refractivity contribution is -0.386. The largest absolute Gasteiger partial charge is 0.500 e. The molecule has 0 saturated carbocycles. The van der Waals surface area contributed by atoms with Crippen molar-refractivity contribution < 1.29 is 14.8 Å². The minimum atomic E-state index is -0.645. The molecule has 0 unspecified atom stereocenters. The maximum atomic E-state index is 10.8. The van der Waals surface area contributed by atoms with E-state index in [0.717, 1.165) is 19.3 Å². The van der Waals surface area contributed by atoms with Gasteiger partial charge in [-0.2, -0.15) is 0 Å². The number of nitro groups is 1. The molecule has 0 aliphatic rings. The van der Waals surface area contributed by atoms with E-state index < -0.39 is 10.7 Å². The first-order valence-electron chi connectivity index (χ1n) is 5.82. The molecule has 0 saturated heterocycles. The summed E-state index contributed by atoms with van der Waals surface area (Å²) in [7, 11) is 1.35. The summed E-state index contributed by atoms with van der Waals surface area (Å²) in [6.07, 6.45) is 2.69. The first kappa shape index (κ1) is 14.2. The average Bonchev–Trinajstić information content (AvgIpc) is 2.35. The molecule has 0 fully saturated rings. The van der Waals surface area contributed by atoms with Crippen LogP contribution in [0, 0.1) is 10.1 Å². The number of hydrogen-bond donors (Lipinski definition) is 2. The van der Waals surface area contributed by atoms with Crippen molar-refractivity contribution in [1.82, 2.24) is 0 Å². The van der Waals surface area contributed by atoms with Crippen LogP contribution in [0.1, 0.15) is 37.8 Å². The van der Waals surface area contributed by atoms with Gasteiger partial charge in [-0.1, -0.05) is 19.8 Å². The normalized spacial score (nSPS) is 12.2. The van der Waals surface area contributed by atoms with Crippen LogP contribution in [0.5, 0.6) is 11.5 Å². The van der Waals surface area contributed by atoms with Crippen LogP contribution in [0.4, 0.5) is 5.69 Å². The first-order valence-corrected chi connectivity index (χ1v) is 5.82. The number of nitrogens with zero attached hydrogens (tertiary/aromatic N) is 1. The summed E-state index contributed by atoms with van der Waals surface area (Å²) >= 11 is 0. The molecule has 1 rings (SSSR count). The lowest BCUT2D eigenvalue weighted by atomic mass is 10.0. The number of hydrogen-bond acceptors (Lipinski definition) is 5. The number of aromatic hydroxyl groups is 1. The van der Waals surface area contributed by atoms with Gasteiger partial charge in [0.25, 0.3) is 0 Å². The summed E-state index contributed by atoms with van der Waals surface area (Å²) in [5.74, 6) is -0.389. The highest BCUT2D eigenvalue weighted by atomic mass is 16.6.